The molecule has 16 heavy (non-hydrogen) atoms. The molecule has 1 saturated heterocycles. The van der Waals surface area contributed by atoms with Crippen molar-refractivity contribution >= 4 is 29.2 Å². The fraction of sp³-hybridized carbons (Fsp3) is 0.400. The Morgan fingerprint density at radius 2 is 2.38 bits per heavy atom. The highest BCUT2D eigenvalue weighted by molar-refractivity contribution is 7.99. The molecule has 2 rings (SSSR count). The molecule has 5 N–H and O–H groups in total. The van der Waals surface area contributed by atoms with Gasteiger partial charge in [-0.25, -0.2) is 4.98 Å². The van der Waals surface area contributed by atoms with Crippen LogP contribution in [0.3, 0.4) is 0 Å². The molecule has 0 saturated carbocycles. The molecule has 0 aliphatic carbocycles. The molecular weight excluding hydrogens is 224 g/mol. The first-order valence-electron chi connectivity index (χ1n) is 5.07. The van der Waals surface area contributed by atoms with Crippen LogP contribution in [0.25, 0.3) is 0 Å². The molecule has 1 amide bonds. The van der Waals surface area contributed by atoms with Gasteiger partial charge in [-0.05, 0) is 24.3 Å². The van der Waals surface area contributed by atoms with Gasteiger partial charge < -0.3 is 16.8 Å². The number of thioether (sulfide) groups is 1. The third-order valence-electron chi connectivity index (χ3n) is 2.45. The SMILES string of the molecule is NC(=O)c1ccc(N)c(NC2CCSC2)n1. The maximum atomic E-state index is 11.0. The number of nitrogen functional groups attached to an aromatic ring is 1. The standard InChI is InChI=1S/C10H14N4OS/c11-7-1-2-8(9(12)15)14-10(7)13-6-3-4-16-5-6/h1-2,6H,3-5,11H2,(H2,12,15)(H,13,14). The second-order valence-electron chi connectivity index (χ2n) is 3.70. The molecule has 1 atom stereocenters. The van der Waals surface area contributed by atoms with Gasteiger partial charge in [0.05, 0.1) is 5.69 Å². The molecule has 6 heteroatoms. The minimum absolute atomic E-state index is 0.238. The molecule has 0 bridgehead atoms. The van der Waals surface area contributed by atoms with Crippen LogP contribution in [0.1, 0.15) is 16.9 Å². The Morgan fingerprint density at radius 3 is 3.00 bits per heavy atom. The van der Waals surface area contributed by atoms with Gasteiger partial charge >= 0.3 is 0 Å². The minimum Gasteiger partial charge on any atom is -0.396 e. The Bertz CT molecular complexity index is 404. The Morgan fingerprint density at radius 1 is 1.56 bits per heavy atom. The lowest BCUT2D eigenvalue weighted by atomic mass is 10.2. The summed E-state index contributed by atoms with van der Waals surface area (Å²) >= 11 is 1.90. The molecule has 1 fully saturated rings. The summed E-state index contributed by atoms with van der Waals surface area (Å²) in [6.07, 6.45) is 1.09. The van der Waals surface area contributed by atoms with Gasteiger partial charge in [-0.1, -0.05) is 0 Å². The van der Waals surface area contributed by atoms with Gasteiger partial charge in [0.25, 0.3) is 5.91 Å². The Kier molecular flexibility index (Phi) is 3.19. The number of nitrogens with one attached hydrogen (secondary N) is 1. The highest BCUT2D eigenvalue weighted by Crippen LogP contribution is 2.23. The second kappa shape index (κ2) is 4.61. The molecule has 2 heterocycles. The quantitative estimate of drug-likeness (QED) is 0.720. The van der Waals surface area contributed by atoms with Crippen molar-refractivity contribution < 1.29 is 4.79 Å². The number of nitrogens with two attached hydrogens (primary N) is 2. The summed E-state index contributed by atoms with van der Waals surface area (Å²) in [5, 5.41) is 3.24. The Hall–Kier alpha value is -1.43. The lowest BCUT2D eigenvalue weighted by Crippen LogP contribution is -2.21. The molecule has 86 valence electrons. The maximum absolute atomic E-state index is 11.0. The van der Waals surface area contributed by atoms with Crippen LogP contribution >= 0.6 is 11.8 Å². The smallest absolute Gasteiger partial charge is 0.267 e. The summed E-state index contributed by atoms with van der Waals surface area (Å²) in [6, 6.07) is 3.56. The maximum Gasteiger partial charge on any atom is 0.267 e. The molecule has 1 unspecified atom stereocenters. The molecule has 0 radical (unpaired) electrons. The molecule has 1 aromatic rings. The second-order valence-corrected chi connectivity index (χ2v) is 4.85. The fourth-order valence-electron chi connectivity index (χ4n) is 1.56. The van der Waals surface area contributed by atoms with E-state index in [9.17, 15) is 4.79 Å². The third-order valence-corrected chi connectivity index (χ3v) is 3.61. The van der Waals surface area contributed by atoms with Gasteiger partial charge in [0, 0.05) is 11.8 Å². The van der Waals surface area contributed by atoms with Crippen LogP contribution in [0, 0.1) is 0 Å². The largest absolute Gasteiger partial charge is 0.396 e. The number of rotatable bonds is 3. The molecular formula is C10H14N4OS. The van der Waals surface area contributed by atoms with Crippen molar-refractivity contribution in [3.8, 4) is 0 Å². The van der Waals surface area contributed by atoms with Crippen molar-refractivity contribution in [1.82, 2.24) is 4.98 Å². The molecule has 1 aliphatic rings. The van der Waals surface area contributed by atoms with E-state index < -0.39 is 5.91 Å². The van der Waals surface area contributed by atoms with Crippen LogP contribution in [-0.2, 0) is 0 Å². The highest BCUT2D eigenvalue weighted by atomic mass is 32.2. The van der Waals surface area contributed by atoms with Gasteiger partial charge in [-0.3, -0.25) is 4.79 Å². The zero-order valence-electron chi connectivity index (χ0n) is 8.77. The number of carbonyl (C=O) groups excluding carboxylic acids is 1. The Balaban J connectivity index is 2.17. The summed E-state index contributed by atoms with van der Waals surface area (Å²) in [4.78, 5) is 15.1. The summed E-state index contributed by atoms with van der Waals surface area (Å²) in [5.74, 6) is 2.21. The number of hydrogen-bond acceptors (Lipinski definition) is 5. The van der Waals surface area contributed by atoms with E-state index >= 15 is 0 Å². The van der Waals surface area contributed by atoms with Crippen molar-refractivity contribution in [2.24, 2.45) is 5.73 Å². The van der Waals surface area contributed by atoms with Crippen LogP contribution in [0.5, 0.6) is 0 Å². The summed E-state index contributed by atoms with van der Waals surface area (Å²) in [7, 11) is 0. The Labute approximate surface area is 98.0 Å². The molecule has 0 aromatic carbocycles. The van der Waals surface area contributed by atoms with Crippen molar-refractivity contribution in [2.45, 2.75) is 12.5 Å². The zero-order valence-corrected chi connectivity index (χ0v) is 9.59. The van der Waals surface area contributed by atoms with Crippen LogP contribution < -0.4 is 16.8 Å². The third kappa shape index (κ3) is 2.38. The number of primary amides is 1. The van der Waals surface area contributed by atoms with E-state index in [1.165, 1.54) is 6.07 Å². The van der Waals surface area contributed by atoms with Gasteiger partial charge in [-0.2, -0.15) is 11.8 Å². The van der Waals surface area contributed by atoms with E-state index in [4.69, 9.17) is 11.5 Å². The van der Waals surface area contributed by atoms with Crippen LogP contribution in [-0.4, -0.2) is 28.4 Å². The summed E-state index contributed by atoms with van der Waals surface area (Å²) in [6.45, 7) is 0. The number of nitrogens with zero attached hydrogens (tertiary/aromatic N) is 1. The minimum atomic E-state index is -0.538. The van der Waals surface area contributed by atoms with Crippen molar-refractivity contribution in [2.75, 3.05) is 22.6 Å². The predicted molar refractivity (Wildman–Crippen MR) is 66.5 cm³/mol. The number of carbonyl (C=O) groups is 1. The van der Waals surface area contributed by atoms with Gasteiger partial charge in [0.1, 0.15) is 11.5 Å². The van der Waals surface area contributed by atoms with Crippen LogP contribution in [0.15, 0.2) is 12.1 Å². The molecule has 0 spiro atoms. The first kappa shape index (κ1) is 11.1. The monoisotopic (exact) mass is 238 g/mol. The van der Waals surface area contributed by atoms with E-state index in [0.29, 0.717) is 17.5 Å². The normalized spacial score (nSPS) is 19.6. The molecule has 1 aliphatic heterocycles. The van der Waals surface area contributed by atoms with Crippen molar-refractivity contribution in [1.29, 1.82) is 0 Å². The average molecular weight is 238 g/mol. The number of amides is 1. The summed E-state index contributed by atoms with van der Waals surface area (Å²) in [5.41, 5.74) is 11.7. The topological polar surface area (TPSA) is 94.0 Å². The number of aromatic nitrogens is 1. The average Bonchev–Trinajstić information content (AvgIpc) is 2.73. The number of hydrogen-bond donors (Lipinski definition) is 3. The van der Waals surface area contributed by atoms with Gasteiger partial charge in [0.2, 0.25) is 0 Å². The summed E-state index contributed by atoms with van der Waals surface area (Å²) < 4.78 is 0. The predicted octanol–water partition coefficient (Wildman–Crippen LogP) is 0.680. The van der Waals surface area contributed by atoms with E-state index in [0.717, 1.165) is 17.9 Å². The zero-order chi connectivity index (χ0) is 11.5. The molecule has 5 nitrogen and oxygen atoms in total. The van der Waals surface area contributed by atoms with Gasteiger partial charge in [0.15, 0.2) is 0 Å². The van der Waals surface area contributed by atoms with E-state index in [1.807, 2.05) is 11.8 Å². The lowest BCUT2D eigenvalue weighted by molar-refractivity contribution is 0.0996. The lowest BCUT2D eigenvalue weighted by Gasteiger charge is -2.14. The van der Waals surface area contributed by atoms with Gasteiger partial charge in [-0.15, -0.1) is 0 Å². The van der Waals surface area contributed by atoms with E-state index in [-0.39, 0.29) is 5.69 Å². The number of anilines is 2. The number of pyridine rings is 1. The van der Waals surface area contributed by atoms with Crippen molar-refractivity contribution in [3.05, 3.63) is 17.8 Å². The van der Waals surface area contributed by atoms with Crippen LogP contribution in [0.4, 0.5) is 11.5 Å². The first-order valence-corrected chi connectivity index (χ1v) is 6.23. The molecule has 1 aromatic heterocycles. The van der Waals surface area contributed by atoms with Crippen LogP contribution in [0.2, 0.25) is 0 Å². The first-order chi connectivity index (χ1) is 7.66. The van der Waals surface area contributed by atoms with E-state index in [1.54, 1.807) is 6.07 Å². The van der Waals surface area contributed by atoms with Crippen molar-refractivity contribution in [3.63, 3.8) is 0 Å². The highest BCUT2D eigenvalue weighted by Gasteiger charge is 2.17. The fourth-order valence-corrected chi connectivity index (χ4v) is 2.72. The van der Waals surface area contributed by atoms with E-state index in [2.05, 4.69) is 10.3 Å².